The molecule has 3 rings (SSSR count). The van der Waals surface area contributed by atoms with Crippen molar-refractivity contribution in [3.8, 4) is 0 Å². The van der Waals surface area contributed by atoms with Gasteiger partial charge in [0.05, 0.1) is 17.6 Å². The Kier molecular flexibility index (Phi) is 11.2. The van der Waals surface area contributed by atoms with Crippen molar-refractivity contribution in [2.45, 2.75) is 75.2 Å². The third kappa shape index (κ3) is 8.53. The second kappa shape index (κ2) is 14.1. The van der Waals surface area contributed by atoms with E-state index >= 15 is 0 Å². The predicted molar refractivity (Wildman–Crippen MR) is 144 cm³/mol. The molecule has 0 spiro atoms. The van der Waals surface area contributed by atoms with Crippen molar-refractivity contribution < 1.29 is 28.2 Å². The van der Waals surface area contributed by atoms with Gasteiger partial charge in [0.25, 0.3) is 5.56 Å². The molecule has 0 aliphatic carbocycles. The highest BCUT2D eigenvalue weighted by Gasteiger charge is 2.35. The molecule has 1 aliphatic heterocycles. The number of aromatic amines is 1. The van der Waals surface area contributed by atoms with Gasteiger partial charge < -0.3 is 20.3 Å². The molecule has 1 aromatic heterocycles. The van der Waals surface area contributed by atoms with Crippen LogP contribution in [-0.4, -0.2) is 65.2 Å². The van der Waals surface area contributed by atoms with E-state index in [9.17, 15) is 33.0 Å². The van der Waals surface area contributed by atoms with Crippen molar-refractivity contribution in [3.05, 3.63) is 62.4 Å². The fourth-order valence-corrected chi connectivity index (χ4v) is 6.96. The number of aromatic nitrogens is 2. The van der Waals surface area contributed by atoms with Gasteiger partial charge in [-0.05, 0) is 49.1 Å². The Hall–Kier alpha value is -2.45. The van der Waals surface area contributed by atoms with E-state index in [2.05, 4.69) is 10.3 Å². The van der Waals surface area contributed by atoms with Gasteiger partial charge in [0.1, 0.15) is 12.3 Å². The lowest BCUT2D eigenvalue weighted by Gasteiger charge is -2.15. The number of amides is 1. The smallest absolute Gasteiger partial charge is 0.330 e. The standard InChI is InChI=1S/C25H35N3O8S2/c1-17-6-9-19(10-7-17)38(34,35)37-13-5-3-2-4-12-26-22(31)11-8-18-15-28(25(33)27-24(18)32)23-14-20(30)21(16-29)36-23/h6-7,9-10,15,20-21,23,29-30H,2-5,8,11-14,16H2,1H3,(H,26,31)(H,27,32,33)/t20-,21+,23+/m0/s1. The first-order chi connectivity index (χ1) is 18.1. The molecular weight excluding hydrogens is 534 g/mol. The van der Waals surface area contributed by atoms with E-state index < -0.39 is 45.2 Å². The first-order valence-electron chi connectivity index (χ1n) is 12.6. The summed E-state index contributed by atoms with van der Waals surface area (Å²) in [6.07, 6.45) is 2.25. The molecule has 4 N–H and O–H groups in total. The molecule has 0 saturated carbocycles. The van der Waals surface area contributed by atoms with Crippen LogP contribution in [0.15, 0.2) is 44.9 Å². The maximum atomic E-state index is 12.3. The summed E-state index contributed by atoms with van der Waals surface area (Å²) >= 11 is 0. The average Bonchev–Trinajstić information content (AvgIpc) is 3.25. The van der Waals surface area contributed by atoms with Crippen molar-refractivity contribution in [1.29, 1.82) is 0 Å². The minimum atomic E-state index is -3.35. The van der Waals surface area contributed by atoms with E-state index in [1.54, 1.807) is 24.3 Å². The zero-order valence-corrected chi connectivity index (χ0v) is 22.9. The van der Waals surface area contributed by atoms with E-state index in [-0.39, 0.29) is 30.7 Å². The third-order valence-electron chi connectivity index (χ3n) is 6.30. The molecule has 0 unspecified atom stereocenters. The number of ether oxygens (including phenoxy) is 1. The molecule has 2 aromatic rings. The predicted octanol–water partition coefficient (Wildman–Crippen LogP) is 1.22. The molecule has 1 saturated heterocycles. The van der Waals surface area contributed by atoms with Gasteiger partial charge >= 0.3 is 5.69 Å². The molecule has 1 aromatic carbocycles. The molecular formula is C25H35N3O8S2. The highest BCUT2D eigenvalue weighted by molar-refractivity contribution is 8.72. The van der Waals surface area contributed by atoms with Crippen molar-refractivity contribution in [2.75, 3.05) is 18.9 Å². The number of aliphatic hydroxyl groups excluding tert-OH is 2. The monoisotopic (exact) mass is 569 g/mol. The fraction of sp³-hybridized carbons (Fsp3) is 0.560. The van der Waals surface area contributed by atoms with Crippen LogP contribution in [-0.2, 0) is 24.8 Å². The largest absolute Gasteiger partial charge is 0.394 e. The summed E-state index contributed by atoms with van der Waals surface area (Å²) in [5, 5.41) is 21.9. The molecule has 1 fully saturated rings. The van der Waals surface area contributed by atoms with Crippen molar-refractivity contribution in [3.63, 3.8) is 0 Å². The third-order valence-corrected chi connectivity index (χ3v) is 9.92. The van der Waals surface area contributed by atoms with Crippen molar-refractivity contribution in [1.82, 2.24) is 14.9 Å². The maximum Gasteiger partial charge on any atom is 0.330 e. The normalized spacial score (nSPS) is 19.5. The minimum Gasteiger partial charge on any atom is -0.394 e. The molecule has 2 heterocycles. The molecule has 38 heavy (non-hydrogen) atoms. The van der Waals surface area contributed by atoms with Gasteiger partial charge in [0, 0.05) is 36.9 Å². The lowest BCUT2D eigenvalue weighted by atomic mass is 10.1. The van der Waals surface area contributed by atoms with E-state index in [1.165, 1.54) is 6.20 Å². The molecule has 13 heteroatoms. The number of hydrogen-bond donors (Lipinski definition) is 4. The van der Waals surface area contributed by atoms with Gasteiger partial charge in [-0.3, -0.25) is 19.1 Å². The van der Waals surface area contributed by atoms with E-state index in [0.717, 1.165) is 46.6 Å². The summed E-state index contributed by atoms with van der Waals surface area (Å²) in [5.74, 6) is 0.278. The summed E-state index contributed by atoms with van der Waals surface area (Å²) in [5.41, 5.74) is -0.0265. The molecule has 0 radical (unpaired) electrons. The van der Waals surface area contributed by atoms with Gasteiger partial charge in [-0.25, -0.2) is 13.2 Å². The van der Waals surface area contributed by atoms with Crippen LogP contribution in [0.25, 0.3) is 0 Å². The molecule has 1 aliphatic rings. The Morgan fingerprint density at radius 1 is 1.18 bits per heavy atom. The number of H-pyrrole nitrogens is 1. The SMILES string of the molecule is Cc1ccc(S(=O)(=O)SCCCCCCNC(=O)CCc2cn([C@H]3C[C@H](O)[C@@H](CO)O3)c(=O)[nH]c2=O)cc1. The van der Waals surface area contributed by atoms with Crippen molar-refractivity contribution in [2.24, 2.45) is 0 Å². The van der Waals surface area contributed by atoms with Gasteiger partial charge in [-0.15, -0.1) is 0 Å². The number of nitrogens with one attached hydrogen (secondary N) is 2. The zero-order valence-electron chi connectivity index (χ0n) is 21.3. The molecule has 11 nitrogen and oxygen atoms in total. The summed E-state index contributed by atoms with van der Waals surface area (Å²) in [6.45, 7) is 1.99. The number of hydrogen-bond acceptors (Lipinski definition) is 9. The number of aryl methyl sites for hydroxylation is 2. The molecule has 1 amide bonds. The van der Waals surface area contributed by atoms with Crippen LogP contribution in [0.1, 0.15) is 55.9 Å². The van der Waals surface area contributed by atoms with E-state index in [4.69, 9.17) is 4.74 Å². The number of nitrogens with zero attached hydrogens (tertiary/aromatic N) is 1. The van der Waals surface area contributed by atoms with Crippen LogP contribution in [0.2, 0.25) is 0 Å². The second-order valence-electron chi connectivity index (χ2n) is 9.29. The molecule has 3 atom stereocenters. The maximum absolute atomic E-state index is 12.3. The lowest BCUT2D eigenvalue weighted by Crippen LogP contribution is -2.35. The highest BCUT2D eigenvalue weighted by atomic mass is 33.1. The second-order valence-corrected chi connectivity index (χ2v) is 13.3. The number of carbonyl (C=O) groups is 1. The summed E-state index contributed by atoms with van der Waals surface area (Å²) in [6, 6.07) is 6.80. The van der Waals surface area contributed by atoms with Crippen LogP contribution in [0, 0.1) is 6.92 Å². The van der Waals surface area contributed by atoms with Gasteiger partial charge in [-0.1, -0.05) is 30.5 Å². The minimum absolute atomic E-state index is 0.0577. The van der Waals surface area contributed by atoms with Crippen LogP contribution in [0.3, 0.4) is 0 Å². The van der Waals surface area contributed by atoms with Crippen molar-refractivity contribution >= 4 is 25.6 Å². The number of unbranched alkanes of at least 4 members (excludes halogenated alkanes) is 3. The Balaban J connectivity index is 1.33. The topological polar surface area (TPSA) is 168 Å². The first-order valence-corrected chi connectivity index (χ1v) is 15.6. The fourth-order valence-electron chi connectivity index (χ4n) is 4.06. The van der Waals surface area contributed by atoms with Gasteiger partial charge in [0.15, 0.2) is 0 Å². The quantitative estimate of drug-likeness (QED) is 0.193. The number of carbonyl (C=O) groups excluding carboxylic acids is 1. The molecule has 0 bridgehead atoms. The highest BCUT2D eigenvalue weighted by Crippen LogP contribution is 2.27. The van der Waals surface area contributed by atoms with Crippen LogP contribution in [0.5, 0.6) is 0 Å². The first kappa shape index (κ1) is 30.1. The Bertz CT molecular complexity index is 1290. The number of benzene rings is 1. The Morgan fingerprint density at radius 2 is 1.89 bits per heavy atom. The summed E-state index contributed by atoms with van der Waals surface area (Å²) < 4.78 is 31.3. The summed E-state index contributed by atoms with van der Waals surface area (Å²) in [4.78, 5) is 39.1. The molecule has 210 valence electrons. The lowest BCUT2D eigenvalue weighted by molar-refractivity contribution is -0.121. The summed E-state index contributed by atoms with van der Waals surface area (Å²) in [7, 11) is -2.40. The Morgan fingerprint density at radius 3 is 2.58 bits per heavy atom. The van der Waals surface area contributed by atoms with Gasteiger partial charge in [0.2, 0.25) is 14.8 Å². The zero-order chi connectivity index (χ0) is 27.7. The number of aliphatic hydroxyl groups is 2. The van der Waals surface area contributed by atoms with Crippen LogP contribution in [0.4, 0.5) is 0 Å². The van der Waals surface area contributed by atoms with E-state index in [0.29, 0.717) is 17.2 Å². The van der Waals surface area contributed by atoms with Crippen LogP contribution < -0.4 is 16.6 Å². The number of rotatable bonds is 14. The Labute approximate surface area is 224 Å². The average molecular weight is 570 g/mol. The van der Waals surface area contributed by atoms with Gasteiger partial charge in [-0.2, -0.15) is 0 Å². The van der Waals surface area contributed by atoms with E-state index in [1.807, 2.05) is 6.92 Å². The van der Waals surface area contributed by atoms with Crippen LogP contribution >= 0.6 is 10.8 Å².